The van der Waals surface area contributed by atoms with Crippen molar-refractivity contribution in [3.8, 4) is 0 Å². The lowest BCUT2D eigenvalue weighted by atomic mass is 10.0. The Morgan fingerprint density at radius 2 is 2.30 bits per heavy atom. The summed E-state index contributed by atoms with van der Waals surface area (Å²) in [4.78, 5) is 20.8. The van der Waals surface area contributed by atoms with Crippen LogP contribution in [0.15, 0.2) is 12.1 Å². The number of carbonyl (C=O) groups is 1. The monoisotopic (exact) mass is 353 g/mol. The number of ether oxygens (including phenoxy) is 1. The minimum Gasteiger partial charge on any atom is -0.380 e. The van der Waals surface area contributed by atoms with Crippen LogP contribution < -0.4 is 0 Å². The maximum Gasteiger partial charge on any atom is 0.256 e. The summed E-state index contributed by atoms with van der Waals surface area (Å²) in [6.07, 6.45) is 0.824. The van der Waals surface area contributed by atoms with E-state index in [0.717, 1.165) is 12.2 Å². The number of nitrogens with one attached hydrogen (secondary N) is 2. The van der Waals surface area contributed by atoms with Crippen molar-refractivity contribution in [2.75, 3.05) is 25.5 Å². The number of rotatable bonds is 1. The summed E-state index contributed by atoms with van der Waals surface area (Å²) in [5.74, 6) is 0.288. The summed E-state index contributed by atoms with van der Waals surface area (Å²) >= 11 is 6.92. The number of aromatic amines is 2. The fourth-order valence-electron chi connectivity index (χ4n) is 3.37. The highest BCUT2D eigenvalue weighted by molar-refractivity contribution is 8.00. The van der Waals surface area contributed by atoms with Crippen molar-refractivity contribution in [3.63, 3.8) is 0 Å². The fourth-order valence-corrected chi connectivity index (χ4v) is 4.88. The molecule has 2 saturated heterocycles. The molecule has 2 fully saturated rings. The smallest absolute Gasteiger partial charge is 0.256 e. The fraction of sp³-hybridized carbons (Fsp3) is 0.467. The van der Waals surface area contributed by atoms with Crippen molar-refractivity contribution in [1.82, 2.24) is 14.9 Å². The van der Waals surface area contributed by atoms with Crippen molar-refractivity contribution in [3.05, 3.63) is 28.3 Å². The summed E-state index contributed by atoms with van der Waals surface area (Å²) in [6, 6.07) is 2.79. The average Bonchev–Trinajstić information content (AvgIpc) is 2.92. The van der Waals surface area contributed by atoms with Crippen molar-refractivity contribution in [1.29, 1.82) is 0 Å². The van der Waals surface area contributed by atoms with E-state index >= 15 is 0 Å². The number of halogens is 1. The lowest BCUT2D eigenvalue weighted by Crippen LogP contribution is -2.54. The van der Waals surface area contributed by atoms with Crippen LogP contribution >= 0.6 is 24.0 Å². The van der Waals surface area contributed by atoms with Crippen LogP contribution in [0.2, 0.25) is 0 Å². The van der Waals surface area contributed by atoms with E-state index in [1.54, 1.807) is 0 Å². The first-order valence-electron chi connectivity index (χ1n) is 7.55. The molecule has 0 spiro atoms. The van der Waals surface area contributed by atoms with Gasteiger partial charge >= 0.3 is 0 Å². The van der Waals surface area contributed by atoms with Gasteiger partial charge in [-0.25, -0.2) is 4.39 Å². The van der Waals surface area contributed by atoms with E-state index in [-0.39, 0.29) is 11.9 Å². The van der Waals surface area contributed by atoms with E-state index in [4.69, 9.17) is 17.0 Å². The number of carbonyl (C=O) groups excluding carboxylic acids is 1. The van der Waals surface area contributed by atoms with Gasteiger partial charge in [-0.05, 0) is 30.8 Å². The molecule has 1 amide bonds. The number of amides is 1. The largest absolute Gasteiger partial charge is 0.380 e. The molecule has 0 saturated carbocycles. The SMILES string of the molecule is O=C(c1cc(F)cc2[nH]c(=S)[nH]c12)N1CCS[C@H]2COCC[C@H]21. The van der Waals surface area contributed by atoms with E-state index in [0.29, 0.717) is 46.4 Å². The predicted octanol–water partition coefficient (Wildman–Crippen LogP) is 2.71. The molecule has 8 heteroatoms. The molecule has 1 aromatic carbocycles. The number of fused-ring (bicyclic) bond motifs is 2. The van der Waals surface area contributed by atoms with Gasteiger partial charge in [0.2, 0.25) is 0 Å². The van der Waals surface area contributed by atoms with Crippen LogP contribution in [-0.2, 0) is 4.74 Å². The van der Waals surface area contributed by atoms with Crippen LogP contribution in [0.5, 0.6) is 0 Å². The van der Waals surface area contributed by atoms with Crippen molar-refractivity contribution in [2.45, 2.75) is 17.7 Å². The number of thioether (sulfide) groups is 1. The predicted molar refractivity (Wildman–Crippen MR) is 89.9 cm³/mol. The third kappa shape index (κ3) is 2.68. The summed E-state index contributed by atoms with van der Waals surface area (Å²) in [5.41, 5.74) is 1.43. The first kappa shape index (κ1) is 15.2. The molecule has 3 heterocycles. The standard InChI is InChI=1S/C15H16FN3O2S2/c16-8-5-9(13-10(6-8)17-15(22)18-13)14(20)19-2-4-23-12-7-21-3-1-11(12)19/h5-6,11-12H,1-4,7H2,(H2,17,18,22)/t11-,12+/m1/s1. The van der Waals surface area contributed by atoms with Crippen LogP contribution in [0.3, 0.4) is 0 Å². The van der Waals surface area contributed by atoms with Gasteiger partial charge < -0.3 is 19.6 Å². The van der Waals surface area contributed by atoms with E-state index in [2.05, 4.69) is 9.97 Å². The lowest BCUT2D eigenvalue weighted by Gasteiger charge is -2.43. The molecule has 0 unspecified atom stereocenters. The number of hydrogen-bond acceptors (Lipinski definition) is 4. The maximum atomic E-state index is 13.9. The molecule has 2 N–H and O–H groups in total. The Balaban J connectivity index is 1.75. The quantitative estimate of drug-likeness (QED) is 0.774. The molecule has 122 valence electrons. The number of aromatic nitrogens is 2. The maximum absolute atomic E-state index is 13.9. The van der Waals surface area contributed by atoms with Crippen molar-refractivity contribution >= 4 is 40.9 Å². The van der Waals surface area contributed by atoms with E-state index < -0.39 is 5.82 Å². The average molecular weight is 353 g/mol. The van der Waals surface area contributed by atoms with Gasteiger partial charge in [0, 0.05) is 30.2 Å². The molecular formula is C15H16FN3O2S2. The van der Waals surface area contributed by atoms with Crippen LogP contribution in [0.4, 0.5) is 4.39 Å². The molecule has 4 rings (SSSR count). The van der Waals surface area contributed by atoms with Gasteiger partial charge in [-0.3, -0.25) is 4.79 Å². The Bertz CT molecular complexity index is 817. The Hall–Kier alpha value is -1.38. The van der Waals surface area contributed by atoms with Gasteiger partial charge in [0.25, 0.3) is 5.91 Å². The topological polar surface area (TPSA) is 61.1 Å². The van der Waals surface area contributed by atoms with Gasteiger partial charge in [0.15, 0.2) is 4.77 Å². The lowest BCUT2D eigenvalue weighted by molar-refractivity contribution is 0.0320. The second kappa shape index (κ2) is 5.92. The molecule has 1 aromatic heterocycles. The molecule has 0 aliphatic carbocycles. The zero-order valence-electron chi connectivity index (χ0n) is 12.3. The second-order valence-electron chi connectivity index (χ2n) is 5.79. The van der Waals surface area contributed by atoms with Crippen LogP contribution in [-0.4, -0.2) is 57.6 Å². The number of nitrogens with zero attached hydrogens (tertiary/aromatic N) is 1. The molecular weight excluding hydrogens is 337 g/mol. The summed E-state index contributed by atoms with van der Waals surface area (Å²) in [7, 11) is 0. The zero-order valence-corrected chi connectivity index (χ0v) is 13.9. The summed E-state index contributed by atoms with van der Waals surface area (Å²) in [5, 5.41) is 0.301. The second-order valence-corrected chi connectivity index (χ2v) is 7.55. The van der Waals surface area contributed by atoms with E-state index in [1.807, 2.05) is 16.7 Å². The molecule has 5 nitrogen and oxygen atoms in total. The van der Waals surface area contributed by atoms with Gasteiger partial charge in [0.1, 0.15) is 5.82 Å². The van der Waals surface area contributed by atoms with E-state index in [9.17, 15) is 9.18 Å². The first-order valence-corrected chi connectivity index (χ1v) is 9.01. The van der Waals surface area contributed by atoms with Gasteiger partial charge in [-0.2, -0.15) is 11.8 Å². The van der Waals surface area contributed by atoms with E-state index in [1.165, 1.54) is 12.1 Å². The third-order valence-electron chi connectivity index (χ3n) is 4.41. The van der Waals surface area contributed by atoms with Crippen LogP contribution in [0.25, 0.3) is 11.0 Å². The van der Waals surface area contributed by atoms with Gasteiger partial charge in [0.05, 0.1) is 23.2 Å². The zero-order chi connectivity index (χ0) is 16.0. The molecule has 23 heavy (non-hydrogen) atoms. The highest BCUT2D eigenvalue weighted by Crippen LogP contribution is 2.32. The van der Waals surface area contributed by atoms with Gasteiger partial charge in [-0.1, -0.05) is 0 Å². The molecule has 2 atom stereocenters. The number of benzene rings is 1. The molecule has 2 aliphatic rings. The summed E-state index contributed by atoms with van der Waals surface area (Å²) in [6.45, 7) is 2.01. The molecule has 2 aliphatic heterocycles. The van der Waals surface area contributed by atoms with Crippen LogP contribution in [0.1, 0.15) is 16.8 Å². The molecule has 0 bridgehead atoms. The Kier molecular flexibility index (Phi) is 3.90. The number of imidazole rings is 1. The Morgan fingerprint density at radius 1 is 1.43 bits per heavy atom. The van der Waals surface area contributed by atoms with Gasteiger partial charge in [-0.15, -0.1) is 0 Å². The Labute approximate surface area is 141 Å². The first-order chi connectivity index (χ1) is 11.1. The minimum atomic E-state index is -0.444. The van der Waals surface area contributed by atoms with Crippen molar-refractivity contribution < 1.29 is 13.9 Å². The highest BCUT2D eigenvalue weighted by Gasteiger charge is 2.37. The van der Waals surface area contributed by atoms with Crippen molar-refractivity contribution in [2.24, 2.45) is 0 Å². The normalized spacial score (nSPS) is 24.7. The summed E-state index contributed by atoms with van der Waals surface area (Å²) < 4.78 is 19.8. The molecule has 2 aromatic rings. The third-order valence-corrected chi connectivity index (χ3v) is 5.92. The highest BCUT2D eigenvalue weighted by atomic mass is 32.2. The minimum absolute atomic E-state index is 0.142. The molecule has 0 radical (unpaired) electrons. The number of H-pyrrole nitrogens is 2. The number of hydrogen-bond donors (Lipinski definition) is 2. The Morgan fingerprint density at radius 3 is 3.17 bits per heavy atom. The van der Waals surface area contributed by atoms with Crippen LogP contribution in [0, 0.1) is 10.6 Å².